The summed E-state index contributed by atoms with van der Waals surface area (Å²) < 4.78 is 14.8. The molecule has 0 fully saturated rings. The molecule has 0 aliphatic heterocycles. The smallest absolute Gasteiger partial charge is 0.164 e. The van der Waals surface area contributed by atoms with Crippen LogP contribution in [0.4, 0.5) is 0 Å². The van der Waals surface area contributed by atoms with Gasteiger partial charge in [-0.3, -0.25) is 0 Å². The Morgan fingerprint density at radius 1 is 1.36 bits per heavy atom. The summed E-state index contributed by atoms with van der Waals surface area (Å²) in [5.74, 6) is 0.954. The summed E-state index contributed by atoms with van der Waals surface area (Å²) in [7, 11) is 1.24. The lowest BCUT2D eigenvalue weighted by Crippen LogP contribution is -2.05. The van der Waals surface area contributed by atoms with E-state index in [1.807, 2.05) is 0 Å². The Morgan fingerprint density at radius 3 is 2.82 bits per heavy atom. The highest BCUT2D eigenvalue weighted by Gasteiger charge is 1.88. The van der Waals surface area contributed by atoms with Crippen molar-refractivity contribution < 1.29 is 13.9 Å². The van der Waals surface area contributed by atoms with Crippen LogP contribution in [-0.4, -0.2) is 36.2 Å². The average Bonchev–Trinajstić information content (AvgIpc) is 2.03. The van der Waals surface area contributed by atoms with Crippen molar-refractivity contribution in [2.45, 2.75) is 12.5 Å². The van der Waals surface area contributed by atoms with E-state index in [1.165, 1.54) is 6.04 Å². The Hall–Kier alpha value is 0.447. The third-order valence-corrected chi connectivity index (χ3v) is 2.62. The van der Waals surface area contributed by atoms with E-state index >= 15 is 0 Å². The van der Waals surface area contributed by atoms with E-state index in [0.29, 0.717) is 13.6 Å². The van der Waals surface area contributed by atoms with Gasteiger partial charge in [-0.25, -0.2) is 0 Å². The standard InChI is InChI=1S/C6H16O3SSi/c1-7-5-8-6-9-11-4-2-3-10/h10H,2-6,11H2,1H3. The summed E-state index contributed by atoms with van der Waals surface area (Å²) in [6, 6.07) is 1.18. The second kappa shape index (κ2) is 10.4. The van der Waals surface area contributed by atoms with Crippen molar-refractivity contribution >= 4 is 22.4 Å². The van der Waals surface area contributed by atoms with E-state index < -0.39 is 0 Å². The van der Waals surface area contributed by atoms with Gasteiger partial charge in [0.2, 0.25) is 0 Å². The zero-order chi connectivity index (χ0) is 8.36. The highest BCUT2D eigenvalue weighted by molar-refractivity contribution is 7.80. The monoisotopic (exact) mass is 196 g/mol. The van der Waals surface area contributed by atoms with E-state index in [1.54, 1.807) is 7.11 Å². The maximum Gasteiger partial charge on any atom is 0.164 e. The molecule has 0 aromatic heterocycles. The number of ether oxygens (including phenoxy) is 2. The normalized spacial score (nSPS) is 11.5. The van der Waals surface area contributed by atoms with Gasteiger partial charge < -0.3 is 13.9 Å². The first-order valence-corrected chi connectivity index (χ1v) is 5.88. The maximum absolute atomic E-state index is 5.24. The minimum absolute atomic E-state index is 0.320. The quantitative estimate of drug-likeness (QED) is 0.264. The van der Waals surface area contributed by atoms with Gasteiger partial charge in [0.25, 0.3) is 0 Å². The molecule has 11 heavy (non-hydrogen) atoms. The predicted octanol–water partition coefficient (Wildman–Crippen LogP) is 0.403. The lowest BCUT2D eigenvalue weighted by molar-refractivity contribution is -0.0833. The van der Waals surface area contributed by atoms with Crippen LogP contribution in [0, 0.1) is 0 Å². The Balaban J connectivity index is 2.69. The Bertz CT molecular complexity index is 66.8. The highest BCUT2D eigenvalue weighted by atomic mass is 32.1. The lowest BCUT2D eigenvalue weighted by Gasteiger charge is -2.03. The predicted molar refractivity (Wildman–Crippen MR) is 50.7 cm³/mol. The largest absolute Gasteiger partial charge is 0.402 e. The fourth-order valence-electron chi connectivity index (χ4n) is 0.551. The summed E-state index contributed by atoms with van der Waals surface area (Å²) in [5, 5.41) is 0. The van der Waals surface area contributed by atoms with Crippen LogP contribution in [0.1, 0.15) is 6.42 Å². The van der Waals surface area contributed by atoms with Crippen LogP contribution in [0.2, 0.25) is 6.04 Å². The van der Waals surface area contributed by atoms with Crippen molar-refractivity contribution in [2.75, 3.05) is 26.4 Å². The second-order valence-electron chi connectivity index (χ2n) is 2.07. The molecule has 0 bridgehead atoms. The van der Waals surface area contributed by atoms with Crippen LogP contribution in [-0.2, 0) is 13.9 Å². The molecule has 0 aliphatic carbocycles. The molecule has 0 aliphatic rings. The van der Waals surface area contributed by atoms with Gasteiger partial charge in [-0.2, -0.15) is 12.6 Å². The van der Waals surface area contributed by atoms with Gasteiger partial charge in [0.15, 0.2) is 9.76 Å². The summed E-state index contributed by atoms with van der Waals surface area (Å²) in [4.78, 5) is 0. The third-order valence-electron chi connectivity index (χ3n) is 1.06. The van der Waals surface area contributed by atoms with Crippen molar-refractivity contribution in [3.8, 4) is 0 Å². The van der Waals surface area contributed by atoms with Crippen LogP contribution in [0.15, 0.2) is 0 Å². The molecule has 5 heteroatoms. The van der Waals surface area contributed by atoms with E-state index in [0.717, 1.165) is 12.2 Å². The zero-order valence-corrected chi connectivity index (χ0v) is 9.22. The highest BCUT2D eigenvalue weighted by Crippen LogP contribution is 1.91. The number of rotatable bonds is 8. The van der Waals surface area contributed by atoms with Crippen LogP contribution in [0.3, 0.4) is 0 Å². The summed E-state index contributed by atoms with van der Waals surface area (Å²) in [5.41, 5.74) is 0. The molecule has 0 radical (unpaired) electrons. The summed E-state index contributed by atoms with van der Waals surface area (Å²) in [6.45, 7) is 0.702. The van der Waals surface area contributed by atoms with Crippen molar-refractivity contribution in [1.82, 2.24) is 0 Å². The molecule has 0 amide bonds. The number of hydrogen-bond donors (Lipinski definition) is 1. The van der Waals surface area contributed by atoms with Gasteiger partial charge in [0, 0.05) is 7.11 Å². The first kappa shape index (κ1) is 11.4. The van der Waals surface area contributed by atoms with Crippen LogP contribution >= 0.6 is 12.6 Å². The number of thiol groups is 1. The van der Waals surface area contributed by atoms with E-state index in [-0.39, 0.29) is 9.76 Å². The van der Waals surface area contributed by atoms with Gasteiger partial charge in [0.1, 0.15) is 13.6 Å². The Kier molecular flexibility index (Phi) is 10.9. The SMILES string of the molecule is COCOCO[SiH2]CCCS. The van der Waals surface area contributed by atoms with Crippen LogP contribution in [0.5, 0.6) is 0 Å². The minimum Gasteiger partial charge on any atom is -0.402 e. The first-order valence-electron chi connectivity index (χ1n) is 3.67. The van der Waals surface area contributed by atoms with Gasteiger partial charge in [-0.1, -0.05) is 0 Å². The Morgan fingerprint density at radius 2 is 2.18 bits per heavy atom. The lowest BCUT2D eigenvalue weighted by atomic mass is 10.6. The number of hydrogen-bond acceptors (Lipinski definition) is 4. The molecule has 68 valence electrons. The van der Waals surface area contributed by atoms with Crippen LogP contribution in [0.25, 0.3) is 0 Å². The molecular weight excluding hydrogens is 180 g/mol. The molecule has 0 atom stereocenters. The molecule has 3 nitrogen and oxygen atoms in total. The average molecular weight is 196 g/mol. The van der Waals surface area contributed by atoms with Crippen molar-refractivity contribution in [3.05, 3.63) is 0 Å². The fraction of sp³-hybridized carbons (Fsp3) is 1.00. The van der Waals surface area contributed by atoms with Gasteiger partial charge in [0.05, 0.1) is 0 Å². The molecule has 0 unspecified atom stereocenters. The van der Waals surface area contributed by atoms with E-state index in [2.05, 4.69) is 17.4 Å². The molecule has 0 saturated carbocycles. The van der Waals surface area contributed by atoms with Gasteiger partial charge in [-0.15, -0.1) is 0 Å². The van der Waals surface area contributed by atoms with Crippen molar-refractivity contribution in [2.24, 2.45) is 0 Å². The molecule has 0 aromatic rings. The molecule has 0 N–H and O–H groups in total. The summed E-state index contributed by atoms with van der Waals surface area (Å²) >= 11 is 4.09. The fourth-order valence-corrected chi connectivity index (χ4v) is 2.09. The third kappa shape index (κ3) is 10.4. The van der Waals surface area contributed by atoms with E-state index in [9.17, 15) is 0 Å². The first-order chi connectivity index (χ1) is 5.41. The van der Waals surface area contributed by atoms with E-state index in [4.69, 9.17) is 9.16 Å². The topological polar surface area (TPSA) is 27.7 Å². The minimum atomic E-state index is -0.357. The van der Waals surface area contributed by atoms with Crippen molar-refractivity contribution in [1.29, 1.82) is 0 Å². The number of methoxy groups -OCH3 is 1. The molecule has 0 saturated heterocycles. The molecule has 0 aromatic carbocycles. The van der Waals surface area contributed by atoms with Gasteiger partial charge in [-0.05, 0) is 18.2 Å². The molecule has 0 rings (SSSR count). The molecule has 0 heterocycles. The maximum atomic E-state index is 5.24. The zero-order valence-electron chi connectivity index (χ0n) is 6.91. The van der Waals surface area contributed by atoms with Crippen LogP contribution < -0.4 is 0 Å². The molecular formula is C6H16O3SSi. The second-order valence-corrected chi connectivity index (χ2v) is 4.04. The Labute approximate surface area is 75.8 Å². The van der Waals surface area contributed by atoms with Crippen molar-refractivity contribution in [3.63, 3.8) is 0 Å². The van der Waals surface area contributed by atoms with Gasteiger partial charge >= 0.3 is 0 Å². The summed E-state index contributed by atoms with van der Waals surface area (Å²) in [6.07, 6.45) is 1.15. The molecule has 0 spiro atoms.